The van der Waals surface area contributed by atoms with Crippen molar-refractivity contribution in [2.24, 2.45) is 5.92 Å². The average molecular weight is 587 g/mol. The van der Waals surface area contributed by atoms with Gasteiger partial charge < -0.3 is 23.4 Å². The lowest BCUT2D eigenvalue weighted by molar-refractivity contribution is -0.162. The Bertz CT molecular complexity index is 1320. The van der Waals surface area contributed by atoms with E-state index in [9.17, 15) is 0 Å². The molecule has 2 aliphatic rings. The third-order valence-corrected chi connectivity index (χ3v) is 13.7. The third-order valence-electron chi connectivity index (χ3n) is 9.26. The van der Waals surface area contributed by atoms with E-state index in [-0.39, 0.29) is 29.3 Å². The Kier molecular flexibility index (Phi) is 8.33. The van der Waals surface area contributed by atoms with Gasteiger partial charge in [-0.1, -0.05) is 100 Å². The summed E-state index contributed by atoms with van der Waals surface area (Å²) in [7, 11) is -0.440. The Morgan fingerprint density at radius 2 is 1.29 bits per heavy atom. The first-order chi connectivity index (χ1) is 19.8. The maximum absolute atomic E-state index is 7.26. The Labute approximate surface area is 252 Å². The molecule has 1 saturated heterocycles. The smallest absolute Gasteiger partial charge is 0.193 e. The second-order valence-electron chi connectivity index (χ2n) is 13.5. The molecule has 42 heavy (non-hydrogen) atoms. The van der Waals surface area contributed by atoms with Gasteiger partial charge in [0.05, 0.1) is 25.9 Å². The van der Waals surface area contributed by atoms with Gasteiger partial charge in [-0.25, -0.2) is 0 Å². The molecule has 0 unspecified atom stereocenters. The summed E-state index contributed by atoms with van der Waals surface area (Å²) in [5.74, 6) is -0.0309. The van der Waals surface area contributed by atoms with E-state index in [0.29, 0.717) is 6.61 Å². The van der Waals surface area contributed by atoms with Crippen molar-refractivity contribution in [1.29, 1.82) is 0 Å². The first-order valence-corrected chi connectivity index (χ1v) is 17.8. The van der Waals surface area contributed by atoms with Crippen LogP contribution in [0, 0.1) is 5.92 Å². The van der Waals surface area contributed by atoms with Crippen LogP contribution in [0.4, 0.5) is 0 Å². The van der Waals surface area contributed by atoms with Crippen LogP contribution in [0.1, 0.15) is 51.3 Å². The highest BCUT2D eigenvalue weighted by atomic mass is 28.4. The highest BCUT2D eigenvalue weighted by Gasteiger charge is 2.58. The minimum atomic E-state index is -2.12. The van der Waals surface area contributed by atoms with Crippen LogP contribution in [-0.4, -0.2) is 46.1 Å². The van der Waals surface area contributed by atoms with E-state index in [0.717, 1.165) is 28.0 Å². The summed E-state index contributed by atoms with van der Waals surface area (Å²) in [6.45, 7) is 20.3. The Morgan fingerprint density at radius 1 is 0.786 bits per heavy atom. The molecule has 1 heterocycles. The van der Waals surface area contributed by atoms with Crippen molar-refractivity contribution >= 4 is 8.32 Å². The van der Waals surface area contributed by atoms with Crippen molar-refractivity contribution in [3.8, 4) is 5.75 Å². The Balaban J connectivity index is 1.56. The van der Waals surface area contributed by atoms with Gasteiger partial charge >= 0.3 is 0 Å². The van der Waals surface area contributed by atoms with Gasteiger partial charge in [-0.15, -0.1) is 0 Å². The molecule has 1 saturated carbocycles. The van der Waals surface area contributed by atoms with E-state index in [4.69, 9.17) is 23.4 Å². The lowest BCUT2D eigenvalue weighted by atomic mass is 9.80. The third kappa shape index (κ3) is 5.63. The average Bonchev–Trinajstić information content (AvgIpc) is 3.39. The van der Waals surface area contributed by atoms with Crippen LogP contribution in [0.25, 0.3) is 0 Å². The van der Waals surface area contributed by atoms with E-state index >= 15 is 0 Å². The van der Waals surface area contributed by atoms with Crippen LogP contribution in [-0.2, 0) is 24.2 Å². The summed E-state index contributed by atoms with van der Waals surface area (Å²) in [6.07, 6.45) is -0.712. The van der Waals surface area contributed by atoms with Crippen molar-refractivity contribution in [3.63, 3.8) is 0 Å². The summed E-state index contributed by atoms with van der Waals surface area (Å²) in [5.41, 5.74) is 3.20. The largest absolute Gasteiger partial charge is 0.497 e. The lowest BCUT2D eigenvalue weighted by Crippen LogP contribution is -2.47. The highest BCUT2D eigenvalue weighted by Crippen LogP contribution is 2.50. The molecule has 3 aromatic rings. The van der Waals surface area contributed by atoms with Gasteiger partial charge in [0.15, 0.2) is 14.1 Å². The molecule has 0 bridgehead atoms. The van der Waals surface area contributed by atoms with Crippen molar-refractivity contribution < 1.29 is 23.4 Å². The molecular formula is C36H46O5Si. The molecule has 4 atom stereocenters. The second kappa shape index (κ2) is 11.4. The predicted octanol–water partition coefficient (Wildman–Crippen LogP) is 8.10. The van der Waals surface area contributed by atoms with Crippen LogP contribution < -0.4 is 4.74 Å². The molecule has 6 heteroatoms. The minimum Gasteiger partial charge on any atom is -0.497 e. The van der Waals surface area contributed by atoms with Gasteiger partial charge in [0.25, 0.3) is 0 Å². The van der Waals surface area contributed by atoms with E-state index in [1.54, 1.807) is 7.11 Å². The fraction of sp³-hybridized carbons (Fsp3) is 0.444. The molecule has 224 valence electrons. The van der Waals surface area contributed by atoms with Crippen molar-refractivity contribution in [2.75, 3.05) is 13.7 Å². The quantitative estimate of drug-likeness (QED) is 0.144. The van der Waals surface area contributed by atoms with Gasteiger partial charge in [0, 0.05) is 5.92 Å². The Morgan fingerprint density at radius 3 is 1.79 bits per heavy atom. The van der Waals surface area contributed by atoms with E-state index in [1.807, 2.05) is 38.1 Å². The number of benzene rings is 3. The molecule has 0 N–H and O–H groups in total. The molecule has 1 aliphatic carbocycles. The molecule has 5 nitrogen and oxygen atoms in total. The molecule has 2 fully saturated rings. The fourth-order valence-corrected chi connectivity index (χ4v) is 7.24. The fourth-order valence-electron chi connectivity index (χ4n) is 5.97. The number of fused-ring (bicyclic) bond motifs is 1. The van der Waals surface area contributed by atoms with Crippen LogP contribution >= 0.6 is 0 Å². The van der Waals surface area contributed by atoms with Gasteiger partial charge in [0.1, 0.15) is 17.5 Å². The van der Waals surface area contributed by atoms with Gasteiger partial charge in [0.2, 0.25) is 0 Å². The number of rotatable bonds is 9. The molecule has 3 aromatic carbocycles. The zero-order valence-corrected chi connectivity index (χ0v) is 27.3. The number of hydrogen-bond donors (Lipinski definition) is 0. The molecule has 5 rings (SSSR count). The van der Waals surface area contributed by atoms with E-state index < -0.39 is 19.7 Å². The van der Waals surface area contributed by atoms with Gasteiger partial charge in [-0.3, -0.25) is 0 Å². The second-order valence-corrected chi connectivity index (χ2v) is 18.3. The summed E-state index contributed by atoms with van der Waals surface area (Å²) in [4.78, 5) is 0. The number of ether oxygens (including phenoxy) is 4. The monoisotopic (exact) mass is 586 g/mol. The Hall–Kier alpha value is -2.74. The zero-order valence-electron chi connectivity index (χ0n) is 26.3. The number of methoxy groups -OCH3 is 1. The maximum atomic E-state index is 7.26. The van der Waals surface area contributed by atoms with Crippen molar-refractivity contribution in [3.05, 3.63) is 114 Å². The zero-order chi connectivity index (χ0) is 30.3. The number of hydrogen-bond acceptors (Lipinski definition) is 5. The SMILES string of the molecule is C=C1[C@@H](COC(c2ccccc2)(c2ccccc2)c2ccc(OC)cc2)[C@H]2OC(C)(C)O[C@H]2[C@H]1O[Si](C)(C)C(C)(C)C. The summed E-state index contributed by atoms with van der Waals surface area (Å²) >= 11 is 0. The normalized spacial score (nSPS) is 24.0. The lowest BCUT2D eigenvalue weighted by Gasteiger charge is -2.40. The summed E-state index contributed by atoms with van der Waals surface area (Å²) < 4.78 is 32.8. The minimum absolute atomic E-state index is 0.0521. The van der Waals surface area contributed by atoms with E-state index in [1.165, 1.54) is 0 Å². The molecule has 1 aliphatic heterocycles. The topological polar surface area (TPSA) is 46.2 Å². The standard InChI is InChI=1S/C36H46O5Si/c1-25-30(32-33(40-35(5,6)39-32)31(25)41-42(8,9)34(2,3)4)24-38-36(26-16-12-10-13-17-26,27-18-14-11-15-19-27)28-20-22-29(37-7)23-21-28/h10-23,30-33H,1,24H2,2-9H3/t30-,31+,32-,33+/m1/s1. The summed E-state index contributed by atoms with van der Waals surface area (Å²) in [5, 5.41) is 0.0521. The van der Waals surface area contributed by atoms with Crippen molar-refractivity contribution in [1.82, 2.24) is 0 Å². The van der Waals surface area contributed by atoms with E-state index in [2.05, 4.69) is 101 Å². The molecule has 0 radical (unpaired) electrons. The van der Waals surface area contributed by atoms with Crippen LogP contribution in [0.15, 0.2) is 97.1 Å². The molecular weight excluding hydrogens is 540 g/mol. The van der Waals surface area contributed by atoms with Gasteiger partial charge in [-0.2, -0.15) is 0 Å². The molecule has 0 amide bonds. The first kappa shape index (κ1) is 30.7. The van der Waals surface area contributed by atoms with Crippen LogP contribution in [0.3, 0.4) is 0 Å². The highest BCUT2D eigenvalue weighted by molar-refractivity contribution is 6.74. The molecule has 0 aromatic heterocycles. The predicted molar refractivity (Wildman–Crippen MR) is 170 cm³/mol. The van der Waals surface area contributed by atoms with Crippen LogP contribution in [0.5, 0.6) is 5.75 Å². The maximum Gasteiger partial charge on any atom is 0.193 e. The van der Waals surface area contributed by atoms with Crippen molar-refractivity contribution in [2.45, 2.75) is 82.5 Å². The van der Waals surface area contributed by atoms with Crippen LogP contribution in [0.2, 0.25) is 18.1 Å². The summed E-state index contributed by atoms with van der Waals surface area (Å²) in [6, 6.07) is 29.0. The first-order valence-electron chi connectivity index (χ1n) is 14.9. The molecule has 0 spiro atoms. The van der Waals surface area contributed by atoms with Gasteiger partial charge in [-0.05, 0) is 66.4 Å².